The molecule has 0 aliphatic heterocycles. The highest BCUT2D eigenvalue weighted by Gasteiger charge is 2.08. The Morgan fingerprint density at radius 2 is 2.22 bits per heavy atom. The van der Waals surface area contributed by atoms with Gasteiger partial charge in [0.1, 0.15) is 6.54 Å². The highest BCUT2D eigenvalue weighted by atomic mass is 35.5. The second kappa shape index (κ2) is 5.24. The SMILES string of the molecule is Nc1cnn(CC(=O)Nc2cc(Cl)ccc2Cl)n1. The smallest absolute Gasteiger partial charge is 0.248 e. The van der Waals surface area contributed by atoms with E-state index in [1.165, 1.54) is 11.0 Å². The third-order valence-electron chi connectivity index (χ3n) is 2.04. The van der Waals surface area contributed by atoms with Gasteiger partial charge in [-0.05, 0) is 18.2 Å². The molecule has 0 aliphatic rings. The van der Waals surface area contributed by atoms with Crippen LogP contribution in [0, 0.1) is 0 Å². The van der Waals surface area contributed by atoms with E-state index < -0.39 is 0 Å². The van der Waals surface area contributed by atoms with Gasteiger partial charge in [-0.3, -0.25) is 4.79 Å². The molecule has 18 heavy (non-hydrogen) atoms. The number of nitrogen functional groups attached to an aromatic ring is 1. The number of nitrogens with zero attached hydrogens (tertiary/aromatic N) is 3. The lowest BCUT2D eigenvalue weighted by Crippen LogP contribution is -2.20. The minimum atomic E-state index is -0.324. The molecule has 2 aromatic rings. The second-order valence-electron chi connectivity index (χ2n) is 3.47. The van der Waals surface area contributed by atoms with Crippen LogP contribution in [0.2, 0.25) is 10.0 Å². The molecule has 0 aliphatic carbocycles. The Labute approximate surface area is 113 Å². The number of nitrogens with two attached hydrogens (primary N) is 1. The number of hydrogen-bond donors (Lipinski definition) is 2. The number of nitrogens with one attached hydrogen (secondary N) is 1. The molecule has 0 spiro atoms. The first-order valence-corrected chi connectivity index (χ1v) is 5.70. The van der Waals surface area contributed by atoms with E-state index in [0.29, 0.717) is 15.7 Å². The molecule has 1 aromatic carbocycles. The monoisotopic (exact) mass is 285 g/mol. The Morgan fingerprint density at radius 1 is 1.44 bits per heavy atom. The van der Waals surface area contributed by atoms with Gasteiger partial charge in [0.2, 0.25) is 5.91 Å². The topological polar surface area (TPSA) is 85.8 Å². The van der Waals surface area contributed by atoms with Crippen molar-refractivity contribution in [3.05, 3.63) is 34.4 Å². The Hall–Kier alpha value is -1.79. The number of amides is 1. The molecule has 6 nitrogen and oxygen atoms in total. The standard InChI is InChI=1S/C10H9Cl2N5O/c11-6-1-2-7(12)8(3-6)15-10(18)5-17-14-4-9(13)16-17/h1-4H,5H2,(H2,13,16)(H,15,18). The van der Waals surface area contributed by atoms with Crippen molar-refractivity contribution in [1.29, 1.82) is 0 Å². The zero-order valence-corrected chi connectivity index (χ0v) is 10.6. The van der Waals surface area contributed by atoms with Crippen LogP contribution in [0.4, 0.5) is 11.5 Å². The van der Waals surface area contributed by atoms with Crippen LogP contribution >= 0.6 is 23.2 Å². The van der Waals surface area contributed by atoms with Crippen LogP contribution in [0.1, 0.15) is 0 Å². The zero-order chi connectivity index (χ0) is 13.1. The van der Waals surface area contributed by atoms with Crippen LogP contribution in [0.3, 0.4) is 0 Å². The molecule has 0 unspecified atom stereocenters. The molecule has 1 amide bonds. The summed E-state index contributed by atoms with van der Waals surface area (Å²) in [5.41, 5.74) is 5.83. The number of benzene rings is 1. The van der Waals surface area contributed by atoms with Gasteiger partial charge < -0.3 is 11.1 Å². The number of rotatable bonds is 3. The summed E-state index contributed by atoms with van der Waals surface area (Å²) in [7, 11) is 0. The van der Waals surface area contributed by atoms with Crippen LogP contribution in [-0.2, 0) is 11.3 Å². The fourth-order valence-corrected chi connectivity index (χ4v) is 1.64. The molecule has 0 atom stereocenters. The second-order valence-corrected chi connectivity index (χ2v) is 4.32. The number of anilines is 2. The molecule has 8 heteroatoms. The van der Waals surface area contributed by atoms with Gasteiger partial charge in [0.05, 0.1) is 16.9 Å². The van der Waals surface area contributed by atoms with E-state index >= 15 is 0 Å². The summed E-state index contributed by atoms with van der Waals surface area (Å²) >= 11 is 11.7. The molecule has 3 N–H and O–H groups in total. The van der Waals surface area contributed by atoms with Crippen molar-refractivity contribution >= 4 is 40.6 Å². The summed E-state index contributed by atoms with van der Waals surface area (Å²) in [5, 5.41) is 11.1. The number of hydrogen-bond acceptors (Lipinski definition) is 4. The molecular formula is C10H9Cl2N5O. The highest BCUT2D eigenvalue weighted by molar-refractivity contribution is 6.35. The molecule has 94 valence electrons. The van der Waals surface area contributed by atoms with E-state index in [9.17, 15) is 4.79 Å². The van der Waals surface area contributed by atoms with Gasteiger partial charge >= 0.3 is 0 Å². The Bertz CT molecular complexity index is 583. The fourth-order valence-electron chi connectivity index (χ4n) is 1.30. The number of halogens is 2. The first kappa shape index (κ1) is 12.7. The maximum absolute atomic E-state index is 11.7. The van der Waals surface area contributed by atoms with E-state index in [1.54, 1.807) is 18.2 Å². The molecule has 2 rings (SSSR count). The molecule has 0 radical (unpaired) electrons. The van der Waals surface area contributed by atoms with Crippen molar-refractivity contribution in [2.45, 2.75) is 6.54 Å². The van der Waals surface area contributed by atoms with Crippen molar-refractivity contribution in [1.82, 2.24) is 15.0 Å². The van der Waals surface area contributed by atoms with Gasteiger partial charge in [0.15, 0.2) is 5.82 Å². The van der Waals surface area contributed by atoms with Gasteiger partial charge in [-0.25, -0.2) is 0 Å². The predicted octanol–water partition coefficient (Wildman–Crippen LogP) is 1.81. The first-order valence-electron chi connectivity index (χ1n) is 4.95. The minimum Gasteiger partial charge on any atom is -0.381 e. The minimum absolute atomic E-state index is 0.0555. The molecule has 0 saturated heterocycles. The number of carbonyl (C=O) groups is 1. The third-order valence-corrected chi connectivity index (χ3v) is 2.61. The summed E-state index contributed by atoms with van der Waals surface area (Å²) in [5.74, 6) is -0.0710. The number of aromatic nitrogens is 3. The quantitative estimate of drug-likeness (QED) is 0.901. The molecule has 0 saturated carbocycles. The number of carbonyl (C=O) groups excluding carboxylic acids is 1. The molecule has 0 fully saturated rings. The fraction of sp³-hybridized carbons (Fsp3) is 0.100. The van der Waals surface area contributed by atoms with Gasteiger partial charge in [-0.1, -0.05) is 23.2 Å². The molecule has 1 heterocycles. The van der Waals surface area contributed by atoms with Crippen LogP contribution in [0.15, 0.2) is 24.4 Å². The maximum Gasteiger partial charge on any atom is 0.248 e. The van der Waals surface area contributed by atoms with Gasteiger partial charge in [0.25, 0.3) is 0 Å². The largest absolute Gasteiger partial charge is 0.381 e. The van der Waals surface area contributed by atoms with Gasteiger partial charge in [-0.15, -0.1) is 5.10 Å². The zero-order valence-electron chi connectivity index (χ0n) is 9.10. The van der Waals surface area contributed by atoms with Crippen molar-refractivity contribution in [3.63, 3.8) is 0 Å². The molecule has 1 aromatic heterocycles. The highest BCUT2D eigenvalue weighted by Crippen LogP contribution is 2.25. The van der Waals surface area contributed by atoms with E-state index in [4.69, 9.17) is 28.9 Å². The van der Waals surface area contributed by atoms with E-state index in [2.05, 4.69) is 15.5 Å². The lowest BCUT2D eigenvalue weighted by atomic mass is 10.3. The van der Waals surface area contributed by atoms with Crippen LogP contribution in [0.5, 0.6) is 0 Å². The summed E-state index contributed by atoms with van der Waals surface area (Å²) in [6, 6.07) is 4.80. The van der Waals surface area contributed by atoms with E-state index in [-0.39, 0.29) is 18.3 Å². The lowest BCUT2D eigenvalue weighted by Gasteiger charge is -2.07. The van der Waals surface area contributed by atoms with Crippen LogP contribution in [-0.4, -0.2) is 20.9 Å². The first-order chi connectivity index (χ1) is 8.54. The maximum atomic E-state index is 11.7. The van der Waals surface area contributed by atoms with Crippen molar-refractivity contribution in [2.75, 3.05) is 11.1 Å². The molecular weight excluding hydrogens is 277 g/mol. The van der Waals surface area contributed by atoms with Crippen molar-refractivity contribution < 1.29 is 4.79 Å². The summed E-state index contributed by atoms with van der Waals surface area (Å²) < 4.78 is 0. The third kappa shape index (κ3) is 3.12. The van der Waals surface area contributed by atoms with Crippen LogP contribution in [0.25, 0.3) is 0 Å². The summed E-state index contributed by atoms with van der Waals surface area (Å²) in [6.07, 6.45) is 1.36. The van der Waals surface area contributed by atoms with Crippen molar-refractivity contribution in [3.8, 4) is 0 Å². The Balaban J connectivity index is 2.05. The summed E-state index contributed by atoms with van der Waals surface area (Å²) in [6.45, 7) is -0.0555. The predicted molar refractivity (Wildman–Crippen MR) is 69.5 cm³/mol. The van der Waals surface area contributed by atoms with Crippen molar-refractivity contribution in [2.24, 2.45) is 0 Å². The Kier molecular flexibility index (Phi) is 3.69. The van der Waals surface area contributed by atoms with Gasteiger partial charge in [-0.2, -0.15) is 9.90 Å². The van der Waals surface area contributed by atoms with E-state index in [1.807, 2.05) is 0 Å². The average molecular weight is 286 g/mol. The summed E-state index contributed by atoms with van der Waals surface area (Å²) in [4.78, 5) is 12.9. The normalized spacial score (nSPS) is 10.3. The molecule has 0 bridgehead atoms. The Morgan fingerprint density at radius 3 is 2.89 bits per heavy atom. The lowest BCUT2D eigenvalue weighted by molar-refractivity contribution is -0.117. The van der Waals surface area contributed by atoms with Gasteiger partial charge in [0, 0.05) is 5.02 Å². The average Bonchev–Trinajstić information content (AvgIpc) is 2.69. The van der Waals surface area contributed by atoms with Crippen LogP contribution < -0.4 is 11.1 Å². The van der Waals surface area contributed by atoms with E-state index in [0.717, 1.165) is 0 Å².